The third-order valence-corrected chi connectivity index (χ3v) is 6.77. The number of likely N-dealkylation sites (N-methyl/N-ethyl adjacent to an activating group) is 1. The first kappa shape index (κ1) is 27.8. The first-order valence-corrected chi connectivity index (χ1v) is 12.8. The number of hydrogen-bond acceptors (Lipinski definition) is 7. The maximum Gasteiger partial charge on any atom is 0.344 e. The molecule has 0 aliphatic carbocycles. The number of carbonyl (C=O) groups is 2. The Morgan fingerprint density at radius 1 is 1.11 bits per heavy atom. The zero-order valence-electron chi connectivity index (χ0n) is 20.6. The number of piperazine rings is 1. The van der Waals surface area contributed by atoms with Crippen LogP contribution in [0.15, 0.2) is 12.1 Å². The van der Waals surface area contributed by atoms with Crippen molar-refractivity contribution in [2.75, 3.05) is 51.6 Å². The van der Waals surface area contributed by atoms with Crippen LogP contribution in [-0.2, 0) is 6.61 Å². The number of benzene rings is 1. The average Bonchev–Trinajstić information content (AvgIpc) is 3.21. The molecule has 0 unspecified atom stereocenters. The van der Waals surface area contributed by atoms with Crippen molar-refractivity contribution in [2.24, 2.45) is 0 Å². The Balaban J connectivity index is 1.40. The van der Waals surface area contributed by atoms with Gasteiger partial charge in [-0.1, -0.05) is 12.8 Å². The van der Waals surface area contributed by atoms with Crippen molar-refractivity contribution in [3.63, 3.8) is 0 Å². The SMILES string of the molecule is Cc1cc(F)c(COc2nsc(NC(=O)NCCCCCCN3CCN(C)CC3)c2C(=O)O)c(F)c1. The van der Waals surface area contributed by atoms with Crippen LogP contribution in [0.5, 0.6) is 5.88 Å². The highest BCUT2D eigenvalue weighted by atomic mass is 32.1. The van der Waals surface area contributed by atoms with Gasteiger partial charge in [-0.15, -0.1) is 0 Å². The fourth-order valence-corrected chi connectivity index (χ4v) is 4.61. The highest BCUT2D eigenvalue weighted by Crippen LogP contribution is 2.31. The second kappa shape index (κ2) is 13.5. The molecule has 0 bridgehead atoms. The number of unbranched alkanes of at least 4 members (excludes halogenated alkanes) is 3. The van der Waals surface area contributed by atoms with Gasteiger partial charge in [0.05, 0.1) is 5.56 Å². The van der Waals surface area contributed by atoms with Crippen molar-refractivity contribution in [3.8, 4) is 5.88 Å². The van der Waals surface area contributed by atoms with Crippen LogP contribution in [-0.4, -0.2) is 77.6 Å². The van der Waals surface area contributed by atoms with Crippen molar-refractivity contribution < 1.29 is 28.2 Å². The van der Waals surface area contributed by atoms with Crippen molar-refractivity contribution in [2.45, 2.75) is 39.2 Å². The number of carboxylic acid groups (broad SMARTS) is 1. The Hall–Kier alpha value is -2.83. The second-order valence-electron chi connectivity index (χ2n) is 8.93. The predicted molar refractivity (Wildman–Crippen MR) is 134 cm³/mol. The van der Waals surface area contributed by atoms with Gasteiger partial charge in [0.1, 0.15) is 23.2 Å². The summed E-state index contributed by atoms with van der Waals surface area (Å²) in [5.41, 5.74) is -0.288. The molecule has 3 N–H and O–H groups in total. The fourth-order valence-electron chi connectivity index (χ4n) is 3.89. The molecule has 1 fully saturated rings. The van der Waals surface area contributed by atoms with Crippen LogP contribution in [0.1, 0.15) is 47.2 Å². The van der Waals surface area contributed by atoms with Gasteiger partial charge in [-0.05, 0) is 62.6 Å². The Morgan fingerprint density at radius 3 is 2.44 bits per heavy atom. The Morgan fingerprint density at radius 2 is 1.78 bits per heavy atom. The lowest BCUT2D eigenvalue weighted by molar-refractivity contribution is 0.0693. The van der Waals surface area contributed by atoms with E-state index >= 15 is 0 Å². The second-order valence-corrected chi connectivity index (χ2v) is 9.71. The molecule has 1 aromatic carbocycles. The third kappa shape index (κ3) is 8.10. The van der Waals surface area contributed by atoms with Crippen LogP contribution in [0.4, 0.5) is 18.6 Å². The monoisotopic (exact) mass is 525 g/mol. The Kier molecular flexibility index (Phi) is 10.4. The summed E-state index contributed by atoms with van der Waals surface area (Å²) < 4.78 is 37.3. The number of amides is 2. The molecule has 3 rings (SSSR count). The van der Waals surface area contributed by atoms with Crippen LogP contribution >= 0.6 is 11.5 Å². The lowest BCUT2D eigenvalue weighted by Gasteiger charge is -2.32. The molecule has 0 atom stereocenters. The molecule has 12 heteroatoms. The predicted octanol–water partition coefficient (Wildman–Crippen LogP) is 3.94. The Labute approximate surface area is 213 Å². The highest BCUT2D eigenvalue weighted by molar-refractivity contribution is 7.11. The number of carbonyl (C=O) groups excluding carboxylic acids is 1. The largest absolute Gasteiger partial charge is 0.477 e. The fraction of sp³-hybridized carbons (Fsp3) is 0.542. The molecule has 1 saturated heterocycles. The number of hydrogen-bond donors (Lipinski definition) is 3. The summed E-state index contributed by atoms with van der Waals surface area (Å²) in [6, 6.07) is 1.76. The number of aryl methyl sites for hydroxylation is 1. The van der Waals surface area contributed by atoms with Crippen LogP contribution in [0.2, 0.25) is 0 Å². The molecule has 36 heavy (non-hydrogen) atoms. The summed E-state index contributed by atoms with van der Waals surface area (Å²) in [7, 11) is 2.14. The minimum Gasteiger partial charge on any atom is -0.477 e. The van der Waals surface area contributed by atoms with E-state index in [2.05, 4.69) is 31.9 Å². The number of halogens is 2. The van der Waals surface area contributed by atoms with E-state index in [0.29, 0.717) is 12.1 Å². The number of nitrogens with one attached hydrogen (secondary N) is 2. The summed E-state index contributed by atoms with van der Waals surface area (Å²) in [6.45, 7) is 7.01. The molecule has 1 aromatic heterocycles. The maximum atomic E-state index is 14.0. The molecule has 0 radical (unpaired) electrons. The van der Waals surface area contributed by atoms with E-state index in [1.54, 1.807) is 6.92 Å². The number of rotatable bonds is 12. The van der Waals surface area contributed by atoms with Gasteiger partial charge in [0.15, 0.2) is 5.56 Å². The van der Waals surface area contributed by atoms with E-state index in [1.807, 2.05) is 0 Å². The molecular formula is C24H33F2N5O4S. The van der Waals surface area contributed by atoms with Gasteiger partial charge in [-0.25, -0.2) is 18.4 Å². The molecule has 2 amide bonds. The van der Waals surface area contributed by atoms with E-state index in [4.69, 9.17) is 4.74 Å². The maximum absolute atomic E-state index is 14.0. The average molecular weight is 526 g/mol. The minimum absolute atomic E-state index is 0.0213. The zero-order chi connectivity index (χ0) is 26.1. The summed E-state index contributed by atoms with van der Waals surface area (Å²) in [5, 5.41) is 14.7. The Bertz CT molecular complexity index is 1020. The zero-order valence-corrected chi connectivity index (χ0v) is 21.4. The van der Waals surface area contributed by atoms with Crippen molar-refractivity contribution in [1.29, 1.82) is 0 Å². The van der Waals surface area contributed by atoms with Crippen LogP contribution in [0.3, 0.4) is 0 Å². The molecule has 198 valence electrons. The molecular weight excluding hydrogens is 492 g/mol. The molecule has 2 heterocycles. The summed E-state index contributed by atoms with van der Waals surface area (Å²) in [5.74, 6) is -3.28. The van der Waals surface area contributed by atoms with E-state index in [1.165, 1.54) is 0 Å². The lowest BCUT2D eigenvalue weighted by atomic mass is 10.1. The molecule has 2 aromatic rings. The van der Waals surface area contributed by atoms with Crippen LogP contribution < -0.4 is 15.4 Å². The molecule has 1 aliphatic rings. The van der Waals surface area contributed by atoms with Gasteiger partial charge < -0.3 is 25.0 Å². The van der Waals surface area contributed by atoms with Crippen molar-refractivity contribution in [3.05, 3.63) is 40.5 Å². The number of aromatic nitrogens is 1. The van der Waals surface area contributed by atoms with Gasteiger partial charge in [-0.3, -0.25) is 5.32 Å². The minimum atomic E-state index is -1.38. The van der Waals surface area contributed by atoms with Gasteiger partial charge in [-0.2, -0.15) is 4.37 Å². The number of anilines is 1. The number of urea groups is 1. The highest BCUT2D eigenvalue weighted by Gasteiger charge is 2.24. The summed E-state index contributed by atoms with van der Waals surface area (Å²) in [4.78, 5) is 28.8. The van der Waals surface area contributed by atoms with Gasteiger partial charge in [0.2, 0.25) is 5.88 Å². The first-order chi connectivity index (χ1) is 17.2. The summed E-state index contributed by atoms with van der Waals surface area (Å²) >= 11 is 0.720. The molecule has 0 saturated carbocycles. The smallest absolute Gasteiger partial charge is 0.344 e. The first-order valence-electron chi connectivity index (χ1n) is 12.0. The number of nitrogens with zero attached hydrogens (tertiary/aromatic N) is 3. The van der Waals surface area contributed by atoms with E-state index in [0.717, 1.165) is 82.1 Å². The summed E-state index contributed by atoms with van der Waals surface area (Å²) in [6.07, 6.45) is 4.00. The standard InChI is InChI=1S/C24H33F2N5O4S/c1-16-13-18(25)17(19(26)14-16)15-35-21-20(23(32)33)22(36-29-21)28-24(34)27-7-5-3-4-6-8-31-11-9-30(2)10-12-31/h13-14H,3-12,15H2,1-2H3,(H,32,33)(H2,27,28,34). The molecule has 0 spiro atoms. The van der Waals surface area contributed by atoms with E-state index < -0.39 is 30.2 Å². The van der Waals surface area contributed by atoms with Gasteiger partial charge in [0, 0.05) is 32.7 Å². The van der Waals surface area contributed by atoms with E-state index in [-0.39, 0.29) is 22.0 Å². The number of aromatic carboxylic acids is 1. The normalized spacial score (nSPS) is 14.6. The van der Waals surface area contributed by atoms with Crippen LogP contribution in [0, 0.1) is 18.6 Å². The number of carboxylic acids is 1. The van der Waals surface area contributed by atoms with Gasteiger partial charge >= 0.3 is 12.0 Å². The topological polar surface area (TPSA) is 107 Å². The van der Waals surface area contributed by atoms with Crippen LogP contribution in [0.25, 0.3) is 0 Å². The lowest BCUT2D eigenvalue weighted by Crippen LogP contribution is -2.44. The van der Waals surface area contributed by atoms with Crippen molar-refractivity contribution >= 4 is 28.5 Å². The molecule has 1 aliphatic heterocycles. The third-order valence-electron chi connectivity index (χ3n) is 6.02. The number of ether oxygens (including phenoxy) is 1. The van der Waals surface area contributed by atoms with E-state index in [9.17, 15) is 23.5 Å². The quantitative estimate of drug-likeness (QED) is 0.361. The van der Waals surface area contributed by atoms with Gasteiger partial charge in [0.25, 0.3) is 0 Å². The van der Waals surface area contributed by atoms with Crippen molar-refractivity contribution in [1.82, 2.24) is 19.5 Å². The molecule has 9 nitrogen and oxygen atoms in total.